The molecule has 2 bridgehead atoms. The van der Waals surface area contributed by atoms with Crippen molar-refractivity contribution in [3.63, 3.8) is 0 Å². The largest absolute Gasteiger partial charge is 0.619 e. The minimum atomic E-state index is -1.17. The summed E-state index contributed by atoms with van der Waals surface area (Å²) in [6.07, 6.45) is 2.07. The molecule has 1 unspecified atom stereocenters. The number of hydrogen-bond acceptors (Lipinski definition) is 8. The number of rotatable bonds is 11. The Bertz CT molecular complexity index is 1880. The second kappa shape index (κ2) is 15.7. The number of piperidine rings is 3. The van der Waals surface area contributed by atoms with Crippen molar-refractivity contribution >= 4 is 41.0 Å². The monoisotopic (exact) mass is 741 g/mol. The fraction of sp³-hybridized carbons (Fsp3) is 0.324. The molecule has 2 atom stereocenters. The number of nitrogens with zero attached hydrogens (tertiary/aromatic N) is 3. The van der Waals surface area contributed by atoms with E-state index in [4.69, 9.17) is 42.1 Å². The van der Waals surface area contributed by atoms with E-state index in [1.807, 2.05) is 0 Å². The molecule has 0 radical (unpaired) electrons. The van der Waals surface area contributed by atoms with Crippen LogP contribution in [0, 0.1) is 22.8 Å². The molecule has 3 aliphatic rings. The summed E-state index contributed by atoms with van der Waals surface area (Å²) < 4.78 is 52.5. The zero-order valence-corrected chi connectivity index (χ0v) is 29.3. The lowest BCUT2D eigenvalue weighted by Gasteiger charge is -2.44. The summed E-state index contributed by atoms with van der Waals surface area (Å²) >= 11 is 12.7. The number of fused-ring (bicyclic) bond motifs is 3. The van der Waals surface area contributed by atoms with Gasteiger partial charge in [0, 0.05) is 18.5 Å². The van der Waals surface area contributed by atoms with Crippen molar-refractivity contribution < 1.29 is 42.0 Å². The number of aromatic nitrogens is 1. The van der Waals surface area contributed by atoms with E-state index in [0.717, 1.165) is 49.3 Å². The van der Waals surface area contributed by atoms with Gasteiger partial charge in [-0.3, -0.25) is 9.80 Å². The van der Waals surface area contributed by atoms with Gasteiger partial charge in [-0.25, -0.2) is 18.4 Å². The van der Waals surface area contributed by atoms with Crippen molar-refractivity contribution in [2.24, 2.45) is 5.92 Å². The smallest absolute Gasteiger partial charge is 0.415 e. The molecule has 4 heterocycles. The SMILES string of the molecule is COc1ccc(C(Cc2c(Cl)c[n+]([O-])cc2Cl)OC(=O)c2ccc(CN(C(=O)O[C@H]3CN4CCC3CC4)c3cccc(F)c3F)cc2)cc1OC. The maximum Gasteiger partial charge on any atom is 0.415 e. The summed E-state index contributed by atoms with van der Waals surface area (Å²) in [5.74, 6) is -1.89. The molecule has 1 aromatic heterocycles. The van der Waals surface area contributed by atoms with E-state index in [9.17, 15) is 19.2 Å². The third kappa shape index (κ3) is 8.14. The van der Waals surface area contributed by atoms with Crippen LogP contribution in [0.5, 0.6) is 11.5 Å². The average molecular weight is 743 g/mol. The van der Waals surface area contributed by atoms with E-state index < -0.39 is 29.8 Å². The van der Waals surface area contributed by atoms with E-state index in [1.165, 1.54) is 38.5 Å². The van der Waals surface area contributed by atoms with E-state index in [-0.39, 0.29) is 46.3 Å². The molecule has 3 saturated heterocycles. The lowest BCUT2D eigenvalue weighted by atomic mass is 9.86. The van der Waals surface area contributed by atoms with Crippen molar-refractivity contribution in [2.75, 3.05) is 38.8 Å². The quantitative estimate of drug-likeness (QED) is 0.0897. The fourth-order valence-corrected chi connectivity index (χ4v) is 7.10. The summed E-state index contributed by atoms with van der Waals surface area (Å²) in [4.78, 5) is 30.4. The third-order valence-corrected chi connectivity index (χ3v) is 9.95. The van der Waals surface area contributed by atoms with Crippen LogP contribution in [0.25, 0.3) is 0 Å². The predicted octanol–water partition coefficient (Wildman–Crippen LogP) is 7.30. The third-order valence-electron chi connectivity index (χ3n) is 9.30. The summed E-state index contributed by atoms with van der Waals surface area (Å²) in [6, 6.07) is 14.8. The normalized spacial score (nSPS) is 18.5. The van der Waals surface area contributed by atoms with Crippen LogP contribution in [0.1, 0.15) is 46.0 Å². The molecule has 3 aromatic carbocycles. The van der Waals surface area contributed by atoms with Gasteiger partial charge in [0.2, 0.25) is 0 Å². The minimum absolute atomic E-state index is 0.0215. The van der Waals surface area contributed by atoms with Gasteiger partial charge in [-0.2, -0.15) is 4.73 Å². The Morgan fingerprint density at radius 2 is 1.67 bits per heavy atom. The summed E-state index contributed by atoms with van der Waals surface area (Å²) in [5, 5.41) is 12.0. The highest BCUT2D eigenvalue weighted by Gasteiger charge is 2.38. The maximum absolute atomic E-state index is 15.0. The summed E-state index contributed by atoms with van der Waals surface area (Å²) in [7, 11) is 2.97. The van der Waals surface area contributed by atoms with Crippen LogP contribution in [0.4, 0.5) is 19.3 Å². The molecule has 3 aliphatic heterocycles. The Morgan fingerprint density at radius 3 is 2.29 bits per heavy atom. The van der Waals surface area contributed by atoms with E-state index in [1.54, 1.807) is 30.3 Å². The first-order valence-electron chi connectivity index (χ1n) is 16.3. The molecule has 51 heavy (non-hydrogen) atoms. The fourth-order valence-electron chi connectivity index (χ4n) is 6.50. The molecule has 3 fully saturated rings. The van der Waals surface area contributed by atoms with Crippen LogP contribution >= 0.6 is 23.2 Å². The van der Waals surface area contributed by atoms with Gasteiger partial charge in [-0.05, 0) is 79.4 Å². The number of pyridine rings is 1. The molecule has 7 rings (SSSR count). The Morgan fingerprint density at radius 1 is 0.980 bits per heavy atom. The molecule has 0 aliphatic carbocycles. The van der Waals surface area contributed by atoms with Gasteiger partial charge in [-0.15, -0.1) is 0 Å². The van der Waals surface area contributed by atoms with Crippen LogP contribution < -0.4 is 19.1 Å². The van der Waals surface area contributed by atoms with E-state index >= 15 is 4.39 Å². The van der Waals surface area contributed by atoms with Crippen LogP contribution in [0.15, 0.2) is 73.1 Å². The van der Waals surface area contributed by atoms with Crippen molar-refractivity contribution in [3.8, 4) is 11.5 Å². The number of amides is 1. The zero-order valence-electron chi connectivity index (χ0n) is 27.8. The molecule has 268 valence electrons. The first-order chi connectivity index (χ1) is 24.5. The van der Waals surface area contributed by atoms with Gasteiger partial charge in [0.15, 0.2) is 35.5 Å². The lowest BCUT2D eigenvalue weighted by molar-refractivity contribution is -0.605. The number of halogens is 4. The molecule has 14 heteroatoms. The number of ether oxygens (including phenoxy) is 4. The second-order valence-electron chi connectivity index (χ2n) is 12.4. The van der Waals surface area contributed by atoms with Crippen molar-refractivity contribution in [2.45, 2.75) is 38.0 Å². The Hall–Kier alpha value is -4.65. The van der Waals surface area contributed by atoms with Crippen LogP contribution in [0.3, 0.4) is 0 Å². The van der Waals surface area contributed by atoms with Crippen molar-refractivity contribution in [1.82, 2.24) is 4.90 Å². The van der Waals surface area contributed by atoms with Gasteiger partial charge in [0.1, 0.15) is 22.3 Å². The number of esters is 1. The highest BCUT2D eigenvalue weighted by Crippen LogP contribution is 2.36. The van der Waals surface area contributed by atoms with Gasteiger partial charge < -0.3 is 24.2 Å². The Balaban J connectivity index is 1.23. The molecular formula is C37H35Cl2F2N3O7. The topological polar surface area (TPSA) is 104 Å². The summed E-state index contributed by atoms with van der Waals surface area (Å²) in [5.41, 5.74) is 1.36. The van der Waals surface area contributed by atoms with Gasteiger partial charge in [0.25, 0.3) is 0 Å². The molecule has 10 nitrogen and oxygen atoms in total. The van der Waals surface area contributed by atoms with Gasteiger partial charge in [0.05, 0.1) is 32.0 Å². The molecule has 0 N–H and O–H groups in total. The summed E-state index contributed by atoms with van der Waals surface area (Å²) in [6.45, 7) is 2.33. The number of carbonyl (C=O) groups is 2. The van der Waals surface area contributed by atoms with E-state index in [2.05, 4.69) is 4.90 Å². The highest BCUT2D eigenvalue weighted by molar-refractivity contribution is 6.35. The van der Waals surface area contributed by atoms with Crippen LogP contribution in [-0.4, -0.2) is 56.9 Å². The van der Waals surface area contributed by atoms with Crippen LogP contribution in [0.2, 0.25) is 10.0 Å². The van der Waals surface area contributed by atoms with Crippen molar-refractivity contribution in [1.29, 1.82) is 0 Å². The van der Waals surface area contributed by atoms with Gasteiger partial charge >= 0.3 is 12.1 Å². The first-order valence-corrected chi connectivity index (χ1v) is 17.0. The molecule has 0 spiro atoms. The zero-order chi connectivity index (χ0) is 36.2. The van der Waals surface area contributed by atoms with Crippen LogP contribution in [-0.2, 0) is 22.4 Å². The van der Waals surface area contributed by atoms with E-state index in [0.29, 0.717) is 39.5 Å². The lowest BCUT2D eigenvalue weighted by Crippen LogP contribution is -2.53. The number of benzene rings is 3. The number of methoxy groups -OCH3 is 2. The number of carbonyl (C=O) groups excluding carboxylic acids is 2. The maximum atomic E-state index is 15.0. The standard InChI is InChI=1S/C37H35Cl2F2N3O7/c1-48-31-11-10-25(16-33(31)49-2)32(17-26-27(38)19-43(47)20-28(26)39)50-36(45)24-8-6-22(7-9-24)18-44(30-5-3-4-29(40)35(30)41)37(46)51-34-21-42-14-12-23(34)13-15-42/h3-11,16,19-20,23,32,34H,12-15,17-18,21H2,1-2H3/t32?,34-/m0/s1. The molecule has 1 amide bonds. The second-order valence-corrected chi connectivity index (χ2v) is 13.2. The first kappa shape index (κ1) is 36.2. The Kier molecular flexibility index (Phi) is 11.1. The highest BCUT2D eigenvalue weighted by atomic mass is 35.5. The number of hydrogen-bond donors (Lipinski definition) is 0. The molecule has 4 aromatic rings. The van der Waals surface area contributed by atoms with Crippen molar-refractivity contribution in [3.05, 3.63) is 122 Å². The van der Waals surface area contributed by atoms with Gasteiger partial charge in [-0.1, -0.05) is 47.5 Å². The minimum Gasteiger partial charge on any atom is -0.619 e. The average Bonchev–Trinajstić information content (AvgIpc) is 3.13. The molecule has 0 saturated carbocycles. The number of anilines is 1. The predicted molar refractivity (Wildman–Crippen MR) is 185 cm³/mol. The Labute approximate surface area is 303 Å². The molecular weight excluding hydrogens is 707 g/mol.